The minimum absolute atomic E-state index is 0.113. The van der Waals surface area contributed by atoms with E-state index in [0.717, 1.165) is 5.56 Å². The standard InChI is InChI=1S/C16H10Cl3FO/c17-7-1-2-11-3-6-15(20)16(8-11)21-10-12-4-5-13(18)9-14(12)19/h3-6,8-9H,7,10H2. The van der Waals surface area contributed by atoms with Crippen molar-refractivity contribution in [3.05, 3.63) is 63.4 Å². The fourth-order valence-electron chi connectivity index (χ4n) is 1.62. The third kappa shape index (κ3) is 4.54. The number of hydrogen-bond donors (Lipinski definition) is 0. The van der Waals surface area contributed by atoms with Gasteiger partial charge in [0.25, 0.3) is 0 Å². The molecule has 2 rings (SSSR count). The second-order valence-corrected chi connectivity index (χ2v) is 5.22. The number of hydrogen-bond acceptors (Lipinski definition) is 1. The number of benzene rings is 2. The molecule has 0 bridgehead atoms. The van der Waals surface area contributed by atoms with Crippen LogP contribution in [0.4, 0.5) is 4.39 Å². The minimum Gasteiger partial charge on any atom is -0.486 e. The summed E-state index contributed by atoms with van der Waals surface area (Å²) in [6.45, 7) is 0.138. The van der Waals surface area contributed by atoms with Crippen molar-refractivity contribution >= 4 is 34.8 Å². The Morgan fingerprint density at radius 2 is 1.90 bits per heavy atom. The summed E-state index contributed by atoms with van der Waals surface area (Å²) in [4.78, 5) is 0. The average Bonchev–Trinajstić information content (AvgIpc) is 2.46. The lowest BCUT2D eigenvalue weighted by atomic mass is 10.2. The molecule has 0 amide bonds. The monoisotopic (exact) mass is 342 g/mol. The molecule has 0 aliphatic heterocycles. The quantitative estimate of drug-likeness (QED) is 0.542. The maximum atomic E-state index is 13.7. The van der Waals surface area contributed by atoms with Crippen LogP contribution in [0.1, 0.15) is 11.1 Å². The molecule has 0 radical (unpaired) electrons. The van der Waals surface area contributed by atoms with Crippen LogP contribution in [0.5, 0.6) is 5.75 Å². The maximum Gasteiger partial charge on any atom is 0.165 e. The van der Waals surface area contributed by atoms with Gasteiger partial charge in [0.15, 0.2) is 11.6 Å². The van der Waals surface area contributed by atoms with E-state index in [9.17, 15) is 4.39 Å². The van der Waals surface area contributed by atoms with Crippen molar-refractivity contribution < 1.29 is 9.13 Å². The second-order valence-electron chi connectivity index (χ2n) is 4.11. The van der Waals surface area contributed by atoms with Crippen LogP contribution in [0.15, 0.2) is 36.4 Å². The summed E-state index contributed by atoms with van der Waals surface area (Å²) in [6, 6.07) is 9.44. The molecular formula is C16H10Cl3FO. The largest absolute Gasteiger partial charge is 0.486 e. The van der Waals surface area contributed by atoms with Crippen molar-refractivity contribution in [2.75, 3.05) is 5.88 Å². The zero-order valence-corrected chi connectivity index (χ0v) is 13.1. The van der Waals surface area contributed by atoms with E-state index in [4.69, 9.17) is 39.5 Å². The lowest BCUT2D eigenvalue weighted by Gasteiger charge is -2.09. The molecule has 108 valence electrons. The van der Waals surface area contributed by atoms with Crippen LogP contribution >= 0.6 is 34.8 Å². The fraction of sp³-hybridized carbons (Fsp3) is 0.125. The van der Waals surface area contributed by atoms with E-state index >= 15 is 0 Å². The van der Waals surface area contributed by atoms with Gasteiger partial charge in [-0.1, -0.05) is 41.1 Å². The first kappa shape index (κ1) is 16.0. The normalized spacial score (nSPS) is 9.90. The zero-order chi connectivity index (χ0) is 15.2. The first-order valence-corrected chi connectivity index (χ1v) is 7.30. The van der Waals surface area contributed by atoms with Gasteiger partial charge in [0.2, 0.25) is 0 Å². The molecule has 2 aromatic carbocycles. The Labute approximate surface area is 137 Å². The average molecular weight is 344 g/mol. The Morgan fingerprint density at radius 3 is 2.62 bits per heavy atom. The molecule has 2 aromatic rings. The van der Waals surface area contributed by atoms with Gasteiger partial charge in [-0.05, 0) is 30.3 Å². The lowest BCUT2D eigenvalue weighted by Crippen LogP contribution is -1.98. The van der Waals surface area contributed by atoms with E-state index in [0.29, 0.717) is 15.6 Å². The second kappa shape index (κ2) is 7.56. The van der Waals surface area contributed by atoms with Gasteiger partial charge in [-0.2, -0.15) is 0 Å². The SMILES string of the molecule is Fc1ccc(C#CCCl)cc1OCc1ccc(Cl)cc1Cl. The van der Waals surface area contributed by atoms with Gasteiger partial charge in [-0.3, -0.25) is 0 Å². The third-order valence-electron chi connectivity index (χ3n) is 2.63. The van der Waals surface area contributed by atoms with Crippen molar-refractivity contribution in [2.45, 2.75) is 6.61 Å². The summed E-state index contributed by atoms with van der Waals surface area (Å²) < 4.78 is 19.2. The Kier molecular flexibility index (Phi) is 5.76. The number of alkyl halides is 1. The first-order valence-electron chi connectivity index (χ1n) is 6.01. The molecule has 0 aromatic heterocycles. The Morgan fingerprint density at radius 1 is 1.10 bits per heavy atom. The van der Waals surface area contributed by atoms with Gasteiger partial charge in [-0.25, -0.2) is 4.39 Å². The van der Waals surface area contributed by atoms with Crippen molar-refractivity contribution in [1.29, 1.82) is 0 Å². The molecule has 21 heavy (non-hydrogen) atoms. The van der Waals surface area contributed by atoms with E-state index in [2.05, 4.69) is 11.8 Å². The highest BCUT2D eigenvalue weighted by atomic mass is 35.5. The molecule has 0 fully saturated rings. The van der Waals surface area contributed by atoms with Gasteiger partial charge in [0, 0.05) is 21.2 Å². The van der Waals surface area contributed by atoms with Crippen molar-refractivity contribution in [1.82, 2.24) is 0 Å². The summed E-state index contributed by atoms with van der Waals surface area (Å²) in [5, 5.41) is 1.01. The van der Waals surface area contributed by atoms with Gasteiger partial charge >= 0.3 is 0 Å². The first-order chi connectivity index (χ1) is 10.1. The van der Waals surface area contributed by atoms with Gasteiger partial charge in [0.1, 0.15) is 6.61 Å². The molecule has 1 nitrogen and oxygen atoms in total. The molecule has 0 spiro atoms. The molecule has 0 heterocycles. The zero-order valence-electron chi connectivity index (χ0n) is 10.8. The van der Waals surface area contributed by atoms with Gasteiger partial charge < -0.3 is 4.74 Å². The molecule has 0 atom stereocenters. The summed E-state index contributed by atoms with van der Waals surface area (Å²) in [5.74, 6) is 5.38. The minimum atomic E-state index is -0.462. The number of halogens is 4. The smallest absolute Gasteiger partial charge is 0.165 e. The molecule has 5 heteroatoms. The maximum absolute atomic E-state index is 13.7. The van der Waals surface area contributed by atoms with E-state index in [1.54, 1.807) is 24.3 Å². The van der Waals surface area contributed by atoms with Gasteiger partial charge in [-0.15, -0.1) is 11.6 Å². The van der Waals surface area contributed by atoms with Crippen LogP contribution < -0.4 is 4.74 Å². The molecular weight excluding hydrogens is 334 g/mol. The van der Waals surface area contributed by atoms with E-state index in [1.165, 1.54) is 12.1 Å². The number of ether oxygens (including phenoxy) is 1. The van der Waals surface area contributed by atoms with Crippen molar-refractivity contribution in [3.8, 4) is 17.6 Å². The molecule has 0 aliphatic carbocycles. The van der Waals surface area contributed by atoms with Crippen LogP contribution in [-0.2, 0) is 6.61 Å². The van der Waals surface area contributed by atoms with Crippen molar-refractivity contribution in [3.63, 3.8) is 0 Å². The third-order valence-corrected chi connectivity index (χ3v) is 3.35. The predicted octanol–water partition coefficient (Wildman–Crippen LogP) is 5.30. The Balaban J connectivity index is 2.15. The Bertz CT molecular complexity index is 704. The highest BCUT2D eigenvalue weighted by Crippen LogP contribution is 2.24. The Hall–Kier alpha value is -1.40. The topological polar surface area (TPSA) is 9.23 Å². The summed E-state index contributed by atoms with van der Waals surface area (Å²) >= 11 is 17.3. The van der Waals surface area contributed by atoms with Crippen LogP contribution in [0, 0.1) is 17.7 Å². The van der Waals surface area contributed by atoms with Crippen molar-refractivity contribution in [2.24, 2.45) is 0 Å². The highest BCUT2D eigenvalue weighted by molar-refractivity contribution is 6.35. The van der Waals surface area contributed by atoms with Crippen LogP contribution in [-0.4, -0.2) is 5.88 Å². The van der Waals surface area contributed by atoms with E-state index in [1.807, 2.05) is 0 Å². The molecule has 0 unspecified atom stereocenters. The molecule has 0 N–H and O–H groups in total. The van der Waals surface area contributed by atoms with E-state index < -0.39 is 5.82 Å². The number of rotatable bonds is 3. The highest BCUT2D eigenvalue weighted by Gasteiger charge is 2.07. The van der Waals surface area contributed by atoms with Crippen LogP contribution in [0.3, 0.4) is 0 Å². The summed E-state index contributed by atoms with van der Waals surface area (Å²) in [5.41, 5.74) is 1.35. The molecule has 0 saturated carbocycles. The fourth-order valence-corrected chi connectivity index (χ4v) is 2.15. The molecule has 0 aliphatic rings. The lowest BCUT2D eigenvalue weighted by molar-refractivity contribution is 0.290. The summed E-state index contributed by atoms with van der Waals surface area (Å²) in [7, 11) is 0. The predicted molar refractivity (Wildman–Crippen MR) is 84.8 cm³/mol. The molecule has 0 saturated heterocycles. The summed E-state index contributed by atoms with van der Waals surface area (Å²) in [6.07, 6.45) is 0. The van der Waals surface area contributed by atoms with Gasteiger partial charge in [0.05, 0.1) is 5.88 Å². The van der Waals surface area contributed by atoms with E-state index in [-0.39, 0.29) is 18.2 Å². The van der Waals surface area contributed by atoms with Crippen LogP contribution in [0.25, 0.3) is 0 Å². The van der Waals surface area contributed by atoms with Crippen LogP contribution in [0.2, 0.25) is 10.0 Å².